The van der Waals surface area contributed by atoms with Crippen LogP contribution < -0.4 is 15.4 Å². The molecule has 1 aliphatic rings. The summed E-state index contributed by atoms with van der Waals surface area (Å²) in [5, 5.41) is 16.4. The van der Waals surface area contributed by atoms with E-state index >= 15 is 0 Å². The number of hydrogen-bond acceptors (Lipinski definition) is 7. The van der Waals surface area contributed by atoms with Crippen LogP contribution >= 0.6 is 27.3 Å². The van der Waals surface area contributed by atoms with Crippen LogP contribution in [-0.2, 0) is 9.59 Å². The molecule has 4 atom stereocenters. The van der Waals surface area contributed by atoms with Crippen LogP contribution in [0.4, 0.5) is 0 Å². The van der Waals surface area contributed by atoms with Crippen molar-refractivity contribution in [2.24, 2.45) is 5.41 Å². The number of benzene rings is 2. The van der Waals surface area contributed by atoms with Crippen molar-refractivity contribution in [1.29, 1.82) is 0 Å². The number of aromatic nitrogens is 1. The summed E-state index contributed by atoms with van der Waals surface area (Å²) in [6.07, 6.45) is -0.746. The van der Waals surface area contributed by atoms with E-state index in [1.807, 2.05) is 64.4 Å². The number of carbonyl (C=O) groups is 3. The highest BCUT2D eigenvalue weighted by atomic mass is 79.9. The number of aryl methyl sites for hydroxylation is 1. The number of methoxy groups -OCH3 is 1. The van der Waals surface area contributed by atoms with E-state index in [4.69, 9.17) is 4.74 Å². The lowest BCUT2D eigenvalue weighted by Crippen LogP contribution is -2.57. The number of rotatable bonds is 8. The van der Waals surface area contributed by atoms with Gasteiger partial charge in [-0.2, -0.15) is 0 Å². The monoisotopic (exact) mass is 656 g/mol. The number of thiazole rings is 1. The van der Waals surface area contributed by atoms with Crippen molar-refractivity contribution in [3.05, 3.63) is 69.3 Å². The molecule has 0 unspecified atom stereocenters. The first-order valence-corrected chi connectivity index (χ1v) is 15.4. The van der Waals surface area contributed by atoms with Crippen LogP contribution in [0.15, 0.2) is 52.4 Å². The zero-order valence-corrected chi connectivity index (χ0v) is 27.0. The third-order valence-corrected chi connectivity index (χ3v) is 8.91. The Morgan fingerprint density at radius 2 is 1.83 bits per heavy atom. The number of ether oxygens (including phenoxy) is 1. The summed E-state index contributed by atoms with van der Waals surface area (Å²) in [7, 11) is 1.47. The van der Waals surface area contributed by atoms with Crippen LogP contribution in [-0.4, -0.2) is 64.6 Å². The number of nitrogens with zero attached hydrogens (tertiary/aromatic N) is 2. The molecular formula is C31H37BrN4O5S. The highest BCUT2D eigenvalue weighted by molar-refractivity contribution is 9.10. The molecular weight excluding hydrogens is 620 g/mol. The summed E-state index contributed by atoms with van der Waals surface area (Å²) in [4.78, 5) is 47.5. The Kier molecular flexibility index (Phi) is 9.74. The zero-order chi connectivity index (χ0) is 30.8. The molecule has 3 N–H and O–H groups in total. The van der Waals surface area contributed by atoms with Gasteiger partial charge in [0.15, 0.2) is 0 Å². The first-order valence-electron chi connectivity index (χ1n) is 13.7. The fourth-order valence-corrected chi connectivity index (χ4v) is 6.23. The molecule has 2 heterocycles. The largest absolute Gasteiger partial charge is 0.496 e. The number of likely N-dealkylation sites (tertiary alicyclic amines) is 1. The van der Waals surface area contributed by atoms with Gasteiger partial charge < -0.3 is 25.4 Å². The van der Waals surface area contributed by atoms with E-state index in [1.54, 1.807) is 29.5 Å². The maximum atomic E-state index is 13.9. The Morgan fingerprint density at radius 3 is 2.43 bits per heavy atom. The molecule has 3 amide bonds. The van der Waals surface area contributed by atoms with E-state index in [2.05, 4.69) is 31.5 Å². The molecule has 0 aliphatic carbocycles. The third kappa shape index (κ3) is 7.02. The second-order valence-corrected chi connectivity index (χ2v) is 13.4. The van der Waals surface area contributed by atoms with Crippen LogP contribution in [0.2, 0.25) is 0 Å². The SMILES string of the molecule is COc1cc(Br)ccc1C(=O)N[C@H](C(=O)N1C[C@H](O)C[C@H]1C(=O)N[C@@H](C)c1ccc(-c2scnc2C)cc1)C(C)(C)C. The van der Waals surface area contributed by atoms with Gasteiger partial charge in [0, 0.05) is 17.4 Å². The van der Waals surface area contributed by atoms with Gasteiger partial charge in [-0.25, -0.2) is 4.98 Å². The van der Waals surface area contributed by atoms with Crippen molar-refractivity contribution in [2.45, 2.75) is 65.3 Å². The van der Waals surface area contributed by atoms with Crippen molar-refractivity contribution in [3.8, 4) is 16.2 Å². The summed E-state index contributed by atoms with van der Waals surface area (Å²) in [6, 6.07) is 10.8. The van der Waals surface area contributed by atoms with Gasteiger partial charge in [0.1, 0.15) is 17.8 Å². The topological polar surface area (TPSA) is 121 Å². The Labute approximate surface area is 258 Å². The van der Waals surface area contributed by atoms with Gasteiger partial charge in [-0.05, 0) is 48.6 Å². The average Bonchev–Trinajstić information content (AvgIpc) is 3.55. The molecule has 0 saturated carbocycles. The summed E-state index contributed by atoms with van der Waals surface area (Å²) in [6.45, 7) is 9.38. The second-order valence-electron chi connectivity index (χ2n) is 11.6. The first kappa shape index (κ1) is 31.7. The van der Waals surface area contributed by atoms with Crippen molar-refractivity contribution < 1.29 is 24.2 Å². The minimum Gasteiger partial charge on any atom is -0.496 e. The average molecular weight is 658 g/mol. The van der Waals surface area contributed by atoms with Crippen molar-refractivity contribution >= 4 is 45.0 Å². The highest BCUT2D eigenvalue weighted by Gasteiger charge is 2.45. The molecule has 1 saturated heterocycles. The number of amides is 3. The van der Waals surface area contributed by atoms with Crippen LogP contribution in [0.1, 0.15) is 61.8 Å². The standard InChI is InChI=1S/C31H37BrN4O5S/c1-17(19-7-9-20(10-8-19)26-18(2)33-16-42-26)34-29(39)24-14-22(37)15-36(24)30(40)27(31(3,4)5)35-28(38)23-12-11-21(32)13-25(23)41-6/h7-13,16-17,22,24,27,37H,14-15H2,1-6H3,(H,34,39)(H,35,38)/t17-,22+,24-,27+/m0/s1. The van der Waals surface area contributed by atoms with Crippen molar-refractivity contribution in [3.63, 3.8) is 0 Å². The molecule has 2 aromatic carbocycles. The summed E-state index contributed by atoms with van der Waals surface area (Å²) >= 11 is 4.95. The number of β-amino-alcohol motifs (C(OH)–C–C–N with tert-alkyl or cyclic N) is 1. The third-order valence-electron chi connectivity index (χ3n) is 7.44. The van der Waals surface area contributed by atoms with E-state index < -0.39 is 35.4 Å². The molecule has 4 rings (SSSR count). The zero-order valence-electron chi connectivity index (χ0n) is 24.6. The fraction of sp³-hybridized carbons (Fsp3) is 0.419. The molecule has 0 spiro atoms. The summed E-state index contributed by atoms with van der Waals surface area (Å²) < 4.78 is 6.12. The Bertz CT molecular complexity index is 1450. The minimum atomic E-state index is -0.959. The number of halogens is 1. The van der Waals surface area contributed by atoms with Gasteiger partial charge in [-0.15, -0.1) is 11.3 Å². The fourth-order valence-electron chi connectivity index (χ4n) is 5.08. The minimum absolute atomic E-state index is 0.00173. The number of carbonyl (C=O) groups excluding carboxylic acids is 3. The number of aliphatic hydroxyl groups is 1. The first-order chi connectivity index (χ1) is 19.8. The van der Waals surface area contributed by atoms with Gasteiger partial charge in [0.2, 0.25) is 11.8 Å². The Morgan fingerprint density at radius 1 is 1.14 bits per heavy atom. The van der Waals surface area contributed by atoms with E-state index in [-0.39, 0.29) is 30.5 Å². The van der Waals surface area contributed by atoms with Gasteiger partial charge in [0.25, 0.3) is 5.91 Å². The van der Waals surface area contributed by atoms with Crippen molar-refractivity contribution in [2.75, 3.05) is 13.7 Å². The Hall–Kier alpha value is -3.28. The van der Waals surface area contributed by atoms with Gasteiger partial charge in [-0.3, -0.25) is 14.4 Å². The van der Waals surface area contributed by atoms with E-state index in [9.17, 15) is 19.5 Å². The van der Waals surface area contributed by atoms with E-state index in [1.165, 1.54) is 12.0 Å². The molecule has 3 aromatic rings. The molecule has 42 heavy (non-hydrogen) atoms. The van der Waals surface area contributed by atoms with E-state index in [0.717, 1.165) is 26.2 Å². The summed E-state index contributed by atoms with van der Waals surface area (Å²) in [5.74, 6) is -0.900. The lowest BCUT2D eigenvalue weighted by molar-refractivity contribution is -0.142. The van der Waals surface area contributed by atoms with Crippen LogP contribution in [0.3, 0.4) is 0 Å². The molecule has 1 fully saturated rings. The second kappa shape index (κ2) is 12.9. The highest BCUT2D eigenvalue weighted by Crippen LogP contribution is 2.30. The number of hydrogen-bond donors (Lipinski definition) is 3. The number of nitrogens with one attached hydrogen (secondary N) is 2. The van der Waals surface area contributed by atoms with Gasteiger partial charge in [-0.1, -0.05) is 61.0 Å². The van der Waals surface area contributed by atoms with Crippen LogP contribution in [0, 0.1) is 12.3 Å². The molecule has 0 bridgehead atoms. The quantitative estimate of drug-likeness (QED) is 0.318. The van der Waals surface area contributed by atoms with Crippen LogP contribution in [0.25, 0.3) is 10.4 Å². The maximum Gasteiger partial charge on any atom is 0.255 e. The van der Waals surface area contributed by atoms with Gasteiger partial charge in [0.05, 0.1) is 40.9 Å². The maximum absolute atomic E-state index is 13.9. The molecule has 1 aromatic heterocycles. The van der Waals surface area contributed by atoms with Gasteiger partial charge >= 0.3 is 0 Å². The van der Waals surface area contributed by atoms with Crippen molar-refractivity contribution in [1.82, 2.24) is 20.5 Å². The lowest BCUT2D eigenvalue weighted by Gasteiger charge is -2.35. The van der Waals surface area contributed by atoms with E-state index in [0.29, 0.717) is 5.75 Å². The smallest absolute Gasteiger partial charge is 0.255 e. The lowest BCUT2D eigenvalue weighted by atomic mass is 9.85. The predicted molar refractivity (Wildman–Crippen MR) is 166 cm³/mol. The Balaban J connectivity index is 1.49. The molecule has 1 aliphatic heterocycles. The molecule has 0 radical (unpaired) electrons. The molecule has 11 heteroatoms. The predicted octanol–water partition coefficient (Wildman–Crippen LogP) is 4.87. The molecule has 9 nitrogen and oxygen atoms in total. The van der Waals surface area contributed by atoms with Crippen LogP contribution in [0.5, 0.6) is 5.75 Å². The molecule has 224 valence electrons. The summed E-state index contributed by atoms with van der Waals surface area (Å²) in [5.41, 5.74) is 4.36. The normalized spacial score (nSPS) is 18.3. The number of aliphatic hydroxyl groups excluding tert-OH is 1.